The van der Waals surface area contributed by atoms with Crippen LogP contribution >= 0.6 is 0 Å². The van der Waals surface area contributed by atoms with Crippen molar-refractivity contribution in [3.8, 4) is 0 Å². The molecule has 0 bridgehead atoms. The number of carbonyl (C=O) groups is 2. The zero-order chi connectivity index (χ0) is 16.8. The molecule has 0 saturated heterocycles. The molecule has 23 heavy (non-hydrogen) atoms. The topological polar surface area (TPSA) is 52.6 Å². The lowest BCUT2D eigenvalue weighted by molar-refractivity contribution is -0.168. The molecule has 0 saturated carbocycles. The van der Waals surface area contributed by atoms with E-state index in [1.165, 1.54) is 14.2 Å². The van der Waals surface area contributed by atoms with E-state index < -0.39 is 17.4 Å². The minimum atomic E-state index is -1.27. The van der Waals surface area contributed by atoms with E-state index >= 15 is 0 Å². The van der Waals surface area contributed by atoms with E-state index in [4.69, 9.17) is 9.47 Å². The third kappa shape index (κ3) is 2.05. The van der Waals surface area contributed by atoms with Gasteiger partial charge in [0.1, 0.15) is 0 Å². The summed E-state index contributed by atoms with van der Waals surface area (Å²) in [5.74, 6) is -1.05. The van der Waals surface area contributed by atoms with Gasteiger partial charge in [0.2, 0.25) is 0 Å². The van der Waals surface area contributed by atoms with Crippen molar-refractivity contribution >= 4 is 22.7 Å². The van der Waals surface area contributed by atoms with Crippen molar-refractivity contribution < 1.29 is 19.1 Å². The second-order valence-corrected chi connectivity index (χ2v) is 6.17. The quantitative estimate of drug-likeness (QED) is 0.632. The van der Waals surface area contributed by atoms with Crippen LogP contribution in [0.4, 0.5) is 0 Å². The molecule has 0 radical (unpaired) electrons. The Morgan fingerprint density at radius 2 is 1.26 bits per heavy atom. The van der Waals surface area contributed by atoms with Crippen molar-refractivity contribution in [2.75, 3.05) is 14.2 Å². The molecule has 0 aromatic heterocycles. The molecule has 0 unspecified atom stereocenters. The van der Waals surface area contributed by atoms with Gasteiger partial charge in [-0.1, -0.05) is 24.3 Å². The molecular weight excluding hydrogens is 292 g/mol. The first-order valence-electron chi connectivity index (χ1n) is 7.62. The van der Waals surface area contributed by atoms with Crippen LogP contribution in [0.3, 0.4) is 0 Å². The molecule has 2 aromatic rings. The van der Waals surface area contributed by atoms with Gasteiger partial charge in [-0.3, -0.25) is 9.59 Å². The van der Waals surface area contributed by atoms with Gasteiger partial charge >= 0.3 is 11.9 Å². The van der Waals surface area contributed by atoms with Crippen molar-refractivity contribution in [3.63, 3.8) is 0 Å². The van der Waals surface area contributed by atoms with E-state index in [0.29, 0.717) is 12.8 Å². The first-order valence-corrected chi connectivity index (χ1v) is 7.62. The molecule has 0 atom stereocenters. The number of hydrogen-bond donors (Lipinski definition) is 0. The summed E-state index contributed by atoms with van der Waals surface area (Å²) in [6, 6.07) is 8.16. The van der Waals surface area contributed by atoms with Crippen LogP contribution in [0.15, 0.2) is 24.3 Å². The number of fused-ring (bicyclic) bond motifs is 2. The Balaban J connectivity index is 2.25. The fourth-order valence-electron chi connectivity index (χ4n) is 3.82. The van der Waals surface area contributed by atoms with Gasteiger partial charge < -0.3 is 9.47 Å². The highest BCUT2D eigenvalue weighted by molar-refractivity contribution is 6.03. The maximum Gasteiger partial charge on any atom is 0.323 e. The smallest absolute Gasteiger partial charge is 0.323 e. The number of benzene rings is 2. The van der Waals surface area contributed by atoms with Crippen molar-refractivity contribution in [2.24, 2.45) is 5.41 Å². The maximum atomic E-state index is 12.4. The largest absolute Gasteiger partial charge is 0.468 e. The molecule has 2 aromatic carbocycles. The van der Waals surface area contributed by atoms with Crippen molar-refractivity contribution in [1.29, 1.82) is 0 Å². The number of rotatable bonds is 2. The molecule has 4 nitrogen and oxygen atoms in total. The van der Waals surface area contributed by atoms with Crippen LogP contribution in [0.1, 0.15) is 22.3 Å². The van der Waals surface area contributed by atoms with Crippen LogP contribution in [0.25, 0.3) is 10.8 Å². The number of ether oxygens (including phenoxy) is 2. The SMILES string of the molecule is COC(=O)C1(C(=O)OC)Cc2c(c(C)c3ccccc3c2C)C1. The molecule has 120 valence electrons. The summed E-state index contributed by atoms with van der Waals surface area (Å²) in [6.07, 6.45) is 0.665. The summed E-state index contributed by atoms with van der Waals surface area (Å²) < 4.78 is 9.86. The highest BCUT2D eigenvalue weighted by atomic mass is 16.5. The molecule has 1 aliphatic carbocycles. The Hall–Kier alpha value is -2.36. The zero-order valence-corrected chi connectivity index (χ0v) is 13.9. The van der Waals surface area contributed by atoms with E-state index in [2.05, 4.69) is 12.1 Å². The van der Waals surface area contributed by atoms with Crippen molar-refractivity contribution in [3.05, 3.63) is 46.5 Å². The Morgan fingerprint density at radius 3 is 1.61 bits per heavy atom. The summed E-state index contributed by atoms with van der Waals surface area (Å²) in [6.45, 7) is 4.09. The molecular formula is C19H20O4. The summed E-state index contributed by atoms with van der Waals surface area (Å²) >= 11 is 0. The van der Waals surface area contributed by atoms with Crippen molar-refractivity contribution in [2.45, 2.75) is 26.7 Å². The van der Waals surface area contributed by atoms with Gasteiger partial charge in [0.05, 0.1) is 14.2 Å². The number of aryl methyl sites for hydroxylation is 2. The van der Waals surface area contributed by atoms with E-state index in [0.717, 1.165) is 33.0 Å². The Bertz CT molecular complexity index is 751. The minimum Gasteiger partial charge on any atom is -0.468 e. The normalized spacial score (nSPS) is 15.3. The summed E-state index contributed by atoms with van der Waals surface area (Å²) in [5, 5.41) is 2.32. The summed E-state index contributed by atoms with van der Waals surface area (Å²) in [5.41, 5.74) is 3.11. The average molecular weight is 312 g/mol. The Morgan fingerprint density at radius 1 is 0.870 bits per heavy atom. The van der Waals surface area contributed by atoms with Crippen molar-refractivity contribution in [1.82, 2.24) is 0 Å². The monoisotopic (exact) mass is 312 g/mol. The zero-order valence-electron chi connectivity index (χ0n) is 13.9. The van der Waals surface area contributed by atoms with E-state index in [-0.39, 0.29) is 0 Å². The molecule has 4 heteroatoms. The fourth-order valence-corrected chi connectivity index (χ4v) is 3.82. The van der Waals surface area contributed by atoms with Gasteiger partial charge in [0.15, 0.2) is 5.41 Å². The maximum absolute atomic E-state index is 12.4. The van der Waals surface area contributed by atoms with Gasteiger partial charge in [0.25, 0.3) is 0 Å². The minimum absolute atomic E-state index is 0.333. The first-order chi connectivity index (χ1) is 11.0. The number of carbonyl (C=O) groups excluding carboxylic acids is 2. The van der Waals surface area contributed by atoms with Crippen LogP contribution in [-0.4, -0.2) is 26.2 Å². The fraction of sp³-hybridized carbons (Fsp3) is 0.368. The second-order valence-electron chi connectivity index (χ2n) is 6.17. The lowest BCUT2D eigenvalue weighted by Crippen LogP contribution is -2.42. The predicted molar refractivity (Wildman–Crippen MR) is 87.3 cm³/mol. The second kappa shape index (κ2) is 5.37. The first kappa shape index (κ1) is 15.5. The molecule has 3 rings (SSSR count). The molecule has 0 heterocycles. The van der Waals surface area contributed by atoms with Gasteiger partial charge in [-0.05, 0) is 46.9 Å². The third-order valence-electron chi connectivity index (χ3n) is 5.11. The molecule has 1 aliphatic rings. The molecule has 0 amide bonds. The predicted octanol–water partition coefficient (Wildman–Crippen LogP) is 2.89. The van der Waals surface area contributed by atoms with Crippen LogP contribution in [-0.2, 0) is 31.9 Å². The molecule has 0 aliphatic heterocycles. The summed E-state index contributed by atoms with van der Waals surface area (Å²) in [4.78, 5) is 24.8. The molecule has 0 spiro atoms. The van der Waals surface area contributed by atoms with Gasteiger partial charge in [-0.2, -0.15) is 0 Å². The van der Waals surface area contributed by atoms with Crippen LogP contribution in [0, 0.1) is 19.3 Å². The molecule has 0 N–H and O–H groups in total. The Kier molecular flexibility index (Phi) is 3.63. The van der Waals surface area contributed by atoms with Gasteiger partial charge in [-0.15, -0.1) is 0 Å². The van der Waals surface area contributed by atoms with Gasteiger partial charge in [0, 0.05) is 12.8 Å². The number of esters is 2. The van der Waals surface area contributed by atoms with E-state index in [1.54, 1.807) is 0 Å². The lowest BCUT2D eigenvalue weighted by Gasteiger charge is -2.22. The summed E-state index contributed by atoms with van der Waals surface area (Å²) in [7, 11) is 2.62. The molecule has 0 fully saturated rings. The Labute approximate surface area is 135 Å². The highest BCUT2D eigenvalue weighted by Crippen LogP contribution is 2.44. The lowest BCUT2D eigenvalue weighted by atomic mass is 9.84. The average Bonchev–Trinajstić information content (AvgIpc) is 3.00. The standard InChI is InChI=1S/C19H20O4/c1-11-13-7-5-6-8-14(13)12(2)16-10-19(9-15(11)16,17(20)22-3)18(21)23-4/h5-8H,9-10H2,1-4H3. The van der Waals surface area contributed by atoms with E-state index in [9.17, 15) is 9.59 Å². The van der Waals surface area contributed by atoms with Crippen LogP contribution in [0.2, 0.25) is 0 Å². The highest BCUT2D eigenvalue weighted by Gasteiger charge is 2.53. The van der Waals surface area contributed by atoms with Crippen LogP contribution in [0.5, 0.6) is 0 Å². The van der Waals surface area contributed by atoms with E-state index in [1.807, 2.05) is 26.0 Å². The van der Waals surface area contributed by atoms with Crippen LogP contribution < -0.4 is 0 Å². The third-order valence-corrected chi connectivity index (χ3v) is 5.11. The number of methoxy groups -OCH3 is 2. The van der Waals surface area contributed by atoms with Gasteiger partial charge in [-0.25, -0.2) is 0 Å². The number of hydrogen-bond acceptors (Lipinski definition) is 4.